The fourth-order valence-corrected chi connectivity index (χ4v) is 4.10. The van der Waals surface area contributed by atoms with Crippen LogP contribution < -0.4 is 10.6 Å². The zero-order chi connectivity index (χ0) is 32.6. The Balaban J connectivity index is 0.000000455. The summed E-state index contributed by atoms with van der Waals surface area (Å²) < 4.78 is 105. The summed E-state index contributed by atoms with van der Waals surface area (Å²) in [5.41, 5.74) is 1.08. The highest BCUT2D eigenvalue weighted by atomic mass is 19.4. The minimum Gasteiger partial charge on any atom is -0.373 e. The summed E-state index contributed by atoms with van der Waals surface area (Å²) in [6.45, 7) is 6.58. The molecule has 0 spiro atoms. The van der Waals surface area contributed by atoms with Crippen molar-refractivity contribution in [3.05, 3.63) is 65.7 Å². The number of carbonyl (C=O) groups excluding carboxylic acids is 3. The molecule has 1 atom stereocenters. The molecule has 1 amide bonds. The SMILES string of the molecule is CC(C)[C@@H](Nc1ccc(C(F)(F)F)cc1)C(=O)NC1CCN(Cc2ccccc2)CC1.O=C(C(=O)C(F)(F)F)C(F)(F)F. The van der Waals surface area contributed by atoms with E-state index in [1.54, 1.807) is 0 Å². The number of likely N-dealkylation sites (tertiary alicyclic amines) is 1. The maximum Gasteiger partial charge on any atom is 0.458 e. The van der Waals surface area contributed by atoms with Crippen LogP contribution in [0.3, 0.4) is 0 Å². The van der Waals surface area contributed by atoms with Crippen LogP contribution in [0.2, 0.25) is 0 Å². The minimum absolute atomic E-state index is 0.0135. The van der Waals surface area contributed by atoms with Crippen LogP contribution >= 0.6 is 0 Å². The third-order valence-electron chi connectivity index (χ3n) is 6.39. The number of anilines is 1. The molecule has 43 heavy (non-hydrogen) atoms. The number of Topliss-reactive ketones (excluding diaryl/α,β-unsaturated/α-hetero) is 2. The first kappa shape index (κ1) is 35.6. The van der Waals surface area contributed by atoms with Crippen molar-refractivity contribution < 1.29 is 53.9 Å². The van der Waals surface area contributed by atoms with E-state index < -0.39 is 41.7 Å². The smallest absolute Gasteiger partial charge is 0.373 e. The normalized spacial score (nSPS) is 15.7. The first-order valence-electron chi connectivity index (χ1n) is 13.0. The molecule has 0 saturated carbocycles. The molecule has 6 nitrogen and oxygen atoms in total. The van der Waals surface area contributed by atoms with E-state index in [0.717, 1.165) is 44.6 Å². The Morgan fingerprint density at radius 3 is 1.70 bits per heavy atom. The predicted molar refractivity (Wildman–Crippen MR) is 139 cm³/mol. The van der Waals surface area contributed by atoms with Gasteiger partial charge in [0.25, 0.3) is 0 Å². The molecule has 1 aliphatic heterocycles. The number of nitrogens with zero attached hydrogens (tertiary/aromatic N) is 1. The highest BCUT2D eigenvalue weighted by molar-refractivity contribution is 6.41. The van der Waals surface area contributed by atoms with Gasteiger partial charge >= 0.3 is 30.1 Å². The zero-order valence-corrected chi connectivity index (χ0v) is 23.0. The zero-order valence-electron chi connectivity index (χ0n) is 23.0. The van der Waals surface area contributed by atoms with Crippen LogP contribution in [0.4, 0.5) is 45.2 Å². The first-order chi connectivity index (χ1) is 19.8. The van der Waals surface area contributed by atoms with Gasteiger partial charge in [0.15, 0.2) is 0 Å². The van der Waals surface area contributed by atoms with Gasteiger partial charge in [-0.1, -0.05) is 44.2 Å². The number of amides is 1. The average Bonchev–Trinajstić information content (AvgIpc) is 2.91. The molecule has 15 heteroatoms. The molecule has 1 aliphatic rings. The molecule has 0 aromatic heterocycles. The van der Waals surface area contributed by atoms with Crippen LogP contribution in [0, 0.1) is 5.92 Å². The first-order valence-corrected chi connectivity index (χ1v) is 13.0. The van der Waals surface area contributed by atoms with Crippen LogP contribution in [0.15, 0.2) is 54.6 Å². The van der Waals surface area contributed by atoms with E-state index in [2.05, 4.69) is 27.7 Å². The number of hydrogen-bond donors (Lipinski definition) is 2. The quantitative estimate of drug-likeness (QED) is 0.271. The lowest BCUT2D eigenvalue weighted by Crippen LogP contribution is -2.50. The Bertz CT molecular complexity index is 1180. The Kier molecular flexibility index (Phi) is 12.2. The summed E-state index contributed by atoms with van der Waals surface area (Å²) in [5, 5.41) is 6.23. The van der Waals surface area contributed by atoms with Gasteiger partial charge in [-0.3, -0.25) is 19.3 Å². The molecule has 238 valence electrons. The lowest BCUT2D eigenvalue weighted by Gasteiger charge is -2.33. The highest BCUT2D eigenvalue weighted by Gasteiger charge is 2.54. The molecule has 1 heterocycles. The van der Waals surface area contributed by atoms with E-state index >= 15 is 0 Å². The second-order valence-electron chi connectivity index (χ2n) is 10.1. The summed E-state index contributed by atoms with van der Waals surface area (Å²) in [4.78, 5) is 34.5. The van der Waals surface area contributed by atoms with Crippen molar-refractivity contribution in [3.8, 4) is 0 Å². The third-order valence-corrected chi connectivity index (χ3v) is 6.39. The largest absolute Gasteiger partial charge is 0.458 e. The molecule has 0 radical (unpaired) electrons. The van der Waals surface area contributed by atoms with Gasteiger partial charge in [-0.15, -0.1) is 0 Å². The second-order valence-corrected chi connectivity index (χ2v) is 10.1. The Morgan fingerprint density at radius 2 is 1.28 bits per heavy atom. The van der Waals surface area contributed by atoms with Gasteiger partial charge in [0, 0.05) is 31.4 Å². The van der Waals surface area contributed by atoms with Crippen LogP contribution in [0.25, 0.3) is 0 Å². The van der Waals surface area contributed by atoms with Crippen LogP contribution in [0.5, 0.6) is 0 Å². The fourth-order valence-electron chi connectivity index (χ4n) is 4.10. The Labute approximate surface area is 241 Å². The van der Waals surface area contributed by atoms with Crippen LogP contribution in [0.1, 0.15) is 37.8 Å². The summed E-state index contributed by atoms with van der Waals surface area (Å²) in [6, 6.07) is 14.7. The second kappa shape index (κ2) is 14.7. The van der Waals surface area contributed by atoms with Crippen molar-refractivity contribution in [1.29, 1.82) is 0 Å². The van der Waals surface area contributed by atoms with Crippen LogP contribution in [-0.4, -0.2) is 59.9 Å². The van der Waals surface area contributed by atoms with Gasteiger partial charge in [0.2, 0.25) is 5.91 Å². The number of halogens is 9. The van der Waals surface area contributed by atoms with Gasteiger partial charge < -0.3 is 10.6 Å². The minimum atomic E-state index is -5.77. The van der Waals surface area contributed by atoms with Gasteiger partial charge in [-0.2, -0.15) is 39.5 Å². The third kappa shape index (κ3) is 11.5. The van der Waals surface area contributed by atoms with Crippen molar-refractivity contribution >= 4 is 23.2 Å². The Morgan fingerprint density at radius 1 is 0.791 bits per heavy atom. The lowest BCUT2D eigenvalue weighted by atomic mass is 10.00. The summed E-state index contributed by atoms with van der Waals surface area (Å²) in [7, 11) is 0. The van der Waals surface area contributed by atoms with E-state index in [1.807, 2.05) is 32.0 Å². The molecule has 0 unspecified atom stereocenters. The van der Waals surface area contributed by atoms with E-state index in [-0.39, 0.29) is 17.9 Å². The summed E-state index contributed by atoms with van der Waals surface area (Å²) >= 11 is 0. The molecule has 2 N–H and O–H groups in total. The molecule has 2 aromatic carbocycles. The van der Waals surface area contributed by atoms with E-state index in [0.29, 0.717) is 5.69 Å². The fraction of sp³-hybridized carbons (Fsp3) is 0.464. The van der Waals surface area contributed by atoms with Crippen molar-refractivity contribution in [3.63, 3.8) is 0 Å². The number of nitrogens with one attached hydrogen (secondary N) is 2. The van der Waals surface area contributed by atoms with E-state index in [1.165, 1.54) is 17.7 Å². The molecule has 3 rings (SSSR count). The number of benzene rings is 2. The van der Waals surface area contributed by atoms with Gasteiger partial charge in [-0.05, 0) is 48.6 Å². The predicted octanol–water partition coefficient (Wildman–Crippen LogP) is 6.17. The van der Waals surface area contributed by atoms with Gasteiger partial charge in [-0.25, -0.2) is 0 Å². The topological polar surface area (TPSA) is 78.5 Å². The van der Waals surface area contributed by atoms with Crippen molar-refractivity contribution in [2.75, 3.05) is 18.4 Å². The van der Waals surface area contributed by atoms with E-state index in [9.17, 15) is 53.9 Å². The number of ketones is 2. The number of alkyl halides is 9. The maximum absolute atomic E-state index is 12.9. The van der Waals surface area contributed by atoms with Crippen molar-refractivity contribution in [1.82, 2.24) is 10.2 Å². The van der Waals surface area contributed by atoms with Crippen molar-refractivity contribution in [2.45, 2.75) is 63.8 Å². The number of hydrogen-bond acceptors (Lipinski definition) is 5. The molecule has 0 aliphatic carbocycles. The average molecular weight is 628 g/mol. The van der Waals surface area contributed by atoms with Crippen molar-refractivity contribution in [2.24, 2.45) is 5.92 Å². The molecular weight excluding hydrogens is 597 g/mol. The lowest BCUT2D eigenvalue weighted by molar-refractivity contribution is -0.193. The maximum atomic E-state index is 12.9. The van der Waals surface area contributed by atoms with Gasteiger partial charge in [0.1, 0.15) is 6.04 Å². The Hall–Kier alpha value is -3.62. The summed E-state index contributed by atoms with van der Waals surface area (Å²) in [6.07, 6.45) is -14.2. The number of piperidine rings is 1. The standard InChI is InChI=1S/C24H30F3N3O.C4F6O2/c1-17(2)22(28-20-10-8-19(9-11-20)24(25,26)27)23(31)29-21-12-14-30(15-13-21)16-18-6-4-3-5-7-18;5-3(6,7)1(11)2(12)4(8,9)10/h3-11,17,21-22,28H,12-16H2,1-2H3,(H,29,31);/t22-;/m1./s1. The number of carbonyl (C=O) groups is 3. The highest BCUT2D eigenvalue weighted by Crippen LogP contribution is 2.30. The monoisotopic (exact) mass is 627 g/mol. The molecule has 1 saturated heterocycles. The molecule has 2 aromatic rings. The van der Waals surface area contributed by atoms with E-state index in [4.69, 9.17) is 0 Å². The van der Waals surface area contributed by atoms with Crippen LogP contribution in [-0.2, 0) is 27.1 Å². The molecule has 0 bridgehead atoms. The number of rotatable bonds is 8. The molecule has 1 fully saturated rings. The molecular formula is C28H30F9N3O3. The summed E-state index contributed by atoms with van der Waals surface area (Å²) in [5.74, 6) is -6.94. The van der Waals surface area contributed by atoms with Gasteiger partial charge in [0.05, 0.1) is 5.56 Å².